The van der Waals surface area contributed by atoms with E-state index >= 15 is 0 Å². The van der Waals surface area contributed by atoms with Gasteiger partial charge in [-0.3, -0.25) is 4.79 Å². The van der Waals surface area contributed by atoms with E-state index in [2.05, 4.69) is 5.32 Å². The molecule has 0 unspecified atom stereocenters. The van der Waals surface area contributed by atoms with E-state index < -0.39 is 11.6 Å². The van der Waals surface area contributed by atoms with Gasteiger partial charge in [0.15, 0.2) is 6.54 Å². The number of hydrogen-bond acceptors (Lipinski definition) is 1. The van der Waals surface area contributed by atoms with E-state index in [1.807, 2.05) is 0 Å². The first-order chi connectivity index (χ1) is 10.5. The van der Waals surface area contributed by atoms with Crippen molar-refractivity contribution < 1.29 is 23.3 Å². The summed E-state index contributed by atoms with van der Waals surface area (Å²) in [5, 5.41) is 4.24. The van der Waals surface area contributed by atoms with Crippen LogP contribution in [0, 0.1) is 17.5 Å². The maximum absolute atomic E-state index is 13.6. The lowest BCUT2D eigenvalue weighted by atomic mass is 10.1. The van der Waals surface area contributed by atoms with Crippen LogP contribution in [0.1, 0.15) is 18.5 Å². The average Bonchev–Trinajstić information content (AvgIpc) is 2.47. The minimum atomic E-state index is -0.637. The number of nitrogens with one attached hydrogen (secondary N) is 1. The van der Waals surface area contributed by atoms with Crippen molar-refractivity contribution >= 4 is 11.6 Å². The van der Waals surface area contributed by atoms with E-state index in [1.54, 1.807) is 12.2 Å². The molecule has 0 spiro atoms. The third-order valence-electron chi connectivity index (χ3n) is 3.24. The molecular weight excluding hydrogens is 293 g/mol. The van der Waals surface area contributed by atoms with Crippen molar-refractivity contribution in [2.75, 3.05) is 11.9 Å². The molecule has 2 aromatic carbocycles. The Morgan fingerprint density at radius 2 is 1.73 bits per heavy atom. The molecule has 2 rings (SSSR count). The van der Waals surface area contributed by atoms with Crippen molar-refractivity contribution in [2.24, 2.45) is 0 Å². The Morgan fingerprint density at radius 1 is 1.09 bits per heavy atom. The first-order valence-electron chi connectivity index (χ1n) is 6.79. The van der Waals surface area contributed by atoms with Gasteiger partial charge in [0.1, 0.15) is 23.5 Å². The minimum Gasteiger partial charge on any atom is -0.332 e. The second-order valence-corrected chi connectivity index (χ2v) is 4.95. The lowest BCUT2D eigenvalue weighted by Crippen LogP contribution is -2.86. The summed E-state index contributed by atoms with van der Waals surface area (Å²) in [5.74, 6) is -1.95. The highest BCUT2D eigenvalue weighted by atomic mass is 19.1. The maximum atomic E-state index is 13.6. The predicted octanol–water partition coefficient (Wildman–Crippen LogP) is 2.37. The topological polar surface area (TPSA) is 45.7 Å². The van der Waals surface area contributed by atoms with Crippen LogP contribution in [-0.2, 0) is 4.79 Å². The fraction of sp³-hybridized carbons (Fsp3) is 0.188. The maximum Gasteiger partial charge on any atom is 0.279 e. The van der Waals surface area contributed by atoms with Crippen LogP contribution in [0.4, 0.5) is 18.9 Å². The molecule has 1 atom stereocenters. The molecule has 0 radical (unpaired) electrons. The molecule has 0 aliphatic carbocycles. The Balaban J connectivity index is 1.88. The zero-order chi connectivity index (χ0) is 16.1. The largest absolute Gasteiger partial charge is 0.332 e. The first kappa shape index (κ1) is 16.0. The first-order valence-corrected chi connectivity index (χ1v) is 6.79. The van der Waals surface area contributed by atoms with Crippen molar-refractivity contribution in [1.29, 1.82) is 0 Å². The summed E-state index contributed by atoms with van der Waals surface area (Å²) in [6.45, 7) is 1.79. The van der Waals surface area contributed by atoms with Gasteiger partial charge >= 0.3 is 0 Å². The quantitative estimate of drug-likeness (QED) is 0.875. The summed E-state index contributed by atoms with van der Waals surface area (Å²) in [5.41, 5.74) is 0.816. The second kappa shape index (κ2) is 7.09. The lowest BCUT2D eigenvalue weighted by Gasteiger charge is -2.12. The Morgan fingerprint density at radius 3 is 2.36 bits per heavy atom. The van der Waals surface area contributed by atoms with Crippen LogP contribution < -0.4 is 10.6 Å². The normalized spacial score (nSPS) is 12.0. The predicted molar refractivity (Wildman–Crippen MR) is 76.6 cm³/mol. The Hall–Kier alpha value is -2.34. The zero-order valence-corrected chi connectivity index (χ0v) is 11.9. The molecule has 0 aliphatic heterocycles. The van der Waals surface area contributed by atoms with Crippen LogP contribution in [0.2, 0.25) is 0 Å². The van der Waals surface area contributed by atoms with Crippen molar-refractivity contribution in [3.63, 3.8) is 0 Å². The van der Waals surface area contributed by atoms with Gasteiger partial charge in [-0.15, -0.1) is 0 Å². The average molecular weight is 309 g/mol. The summed E-state index contributed by atoms with van der Waals surface area (Å²) in [4.78, 5) is 11.8. The summed E-state index contributed by atoms with van der Waals surface area (Å²) >= 11 is 0. The molecule has 0 aromatic heterocycles. The van der Waals surface area contributed by atoms with Crippen LogP contribution >= 0.6 is 0 Å². The van der Waals surface area contributed by atoms with Crippen LogP contribution in [0.5, 0.6) is 0 Å². The summed E-state index contributed by atoms with van der Waals surface area (Å²) in [6, 6.07) is 8.43. The smallest absolute Gasteiger partial charge is 0.279 e. The molecule has 0 saturated heterocycles. The SMILES string of the molecule is C[C@H]([NH2+]CC(=O)Nc1ccc(F)cc1)c1ccc(F)cc1F. The van der Waals surface area contributed by atoms with Gasteiger partial charge in [-0.25, -0.2) is 13.2 Å². The molecule has 0 fully saturated rings. The third kappa shape index (κ3) is 4.33. The van der Waals surface area contributed by atoms with Gasteiger partial charge < -0.3 is 10.6 Å². The van der Waals surface area contributed by atoms with E-state index in [0.29, 0.717) is 11.3 Å². The van der Waals surface area contributed by atoms with Gasteiger partial charge in [0.25, 0.3) is 5.91 Å². The molecule has 3 N–H and O–H groups in total. The zero-order valence-electron chi connectivity index (χ0n) is 11.9. The van der Waals surface area contributed by atoms with Gasteiger partial charge in [0.05, 0.1) is 0 Å². The number of quaternary nitrogens is 1. The number of amides is 1. The van der Waals surface area contributed by atoms with Crippen LogP contribution in [0.25, 0.3) is 0 Å². The van der Waals surface area contributed by atoms with E-state index in [9.17, 15) is 18.0 Å². The lowest BCUT2D eigenvalue weighted by molar-refractivity contribution is -0.682. The molecule has 0 aliphatic rings. The van der Waals surface area contributed by atoms with E-state index in [1.165, 1.54) is 36.4 Å². The molecule has 1 amide bonds. The summed E-state index contributed by atoms with van der Waals surface area (Å²) < 4.78 is 39.2. The van der Waals surface area contributed by atoms with Crippen LogP contribution in [-0.4, -0.2) is 12.5 Å². The number of nitrogens with two attached hydrogens (primary N) is 1. The minimum absolute atomic E-state index is 0.0648. The van der Waals surface area contributed by atoms with Gasteiger partial charge in [-0.05, 0) is 43.3 Å². The fourth-order valence-corrected chi connectivity index (χ4v) is 2.03. The second-order valence-electron chi connectivity index (χ2n) is 4.95. The number of benzene rings is 2. The van der Waals surface area contributed by atoms with Gasteiger partial charge in [0.2, 0.25) is 0 Å². The molecule has 2 aromatic rings. The molecule has 0 saturated carbocycles. The van der Waals surface area contributed by atoms with Gasteiger partial charge in [-0.1, -0.05) is 0 Å². The van der Waals surface area contributed by atoms with Crippen LogP contribution in [0.15, 0.2) is 42.5 Å². The highest BCUT2D eigenvalue weighted by molar-refractivity contribution is 5.91. The molecule has 116 valence electrons. The van der Waals surface area contributed by atoms with Gasteiger partial charge in [0, 0.05) is 17.3 Å². The Kier molecular flexibility index (Phi) is 5.16. The van der Waals surface area contributed by atoms with Crippen molar-refractivity contribution in [1.82, 2.24) is 0 Å². The molecular formula is C16H16F3N2O+. The number of anilines is 1. The number of carbonyl (C=O) groups is 1. The standard InChI is InChI=1S/C16H15F3N2O/c1-10(14-7-4-12(18)8-15(14)19)20-9-16(22)21-13-5-2-11(17)3-6-13/h2-8,10,20H,9H2,1H3,(H,21,22)/p+1/t10-/m0/s1. The molecule has 0 bridgehead atoms. The van der Waals surface area contributed by atoms with E-state index in [4.69, 9.17) is 0 Å². The van der Waals surface area contributed by atoms with E-state index in [-0.39, 0.29) is 24.3 Å². The Labute approximate surface area is 126 Å². The molecule has 22 heavy (non-hydrogen) atoms. The van der Waals surface area contributed by atoms with Gasteiger partial charge in [-0.2, -0.15) is 0 Å². The monoisotopic (exact) mass is 309 g/mol. The number of hydrogen-bond donors (Lipinski definition) is 2. The summed E-state index contributed by atoms with van der Waals surface area (Å²) in [7, 11) is 0. The van der Waals surface area contributed by atoms with Crippen molar-refractivity contribution in [3.05, 3.63) is 65.5 Å². The Bertz CT molecular complexity index is 659. The third-order valence-corrected chi connectivity index (χ3v) is 3.24. The molecule has 0 heterocycles. The summed E-state index contributed by atoms with van der Waals surface area (Å²) in [6.07, 6.45) is 0. The number of carbonyl (C=O) groups excluding carboxylic acids is 1. The highest BCUT2D eigenvalue weighted by Crippen LogP contribution is 2.14. The highest BCUT2D eigenvalue weighted by Gasteiger charge is 2.16. The van der Waals surface area contributed by atoms with Crippen molar-refractivity contribution in [2.45, 2.75) is 13.0 Å². The number of halogens is 3. The molecule has 6 heteroatoms. The fourth-order valence-electron chi connectivity index (χ4n) is 2.03. The molecule has 3 nitrogen and oxygen atoms in total. The van der Waals surface area contributed by atoms with Crippen LogP contribution in [0.3, 0.4) is 0 Å². The van der Waals surface area contributed by atoms with Crippen molar-refractivity contribution in [3.8, 4) is 0 Å². The number of rotatable bonds is 5. The van der Waals surface area contributed by atoms with E-state index in [0.717, 1.165) is 6.07 Å².